The molecule has 0 radical (unpaired) electrons. The van der Waals surface area contributed by atoms with Crippen molar-refractivity contribution in [2.75, 3.05) is 0 Å². The maximum atomic E-state index is 14.7. The van der Waals surface area contributed by atoms with Gasteiger partial charge in [-0.3, -0.25) is 14.4 Å². The van der Waals surface area contributed by atoms with Gasteiger partial charge in [-0.2, -0.15) is 0 Å². The fraction of sp³-hybridized carbons (Fsp3) is 0.958. The van der Waals surface area contributed by atoms with Gasteiger partial charge in [0.25, 0.3) is 0 Å². The van der Waals surface area contributed by atoms with E-state index in [0.717, 1.165) is 122 Å². The van der Waals surface area contributed by atoms with Gasteiger partial charge in [0, 0.05) is 24.7 Å². The number of hydrogen-bond donors (Lipinski definition) is 6. The maximum absolute atomic E-state index is 14.7. The van der Waals surface area contributed by atoms with Gasteiger partial charge in [0.05, 0.1) is 30.5 Å². The lowest BCUT2D eigenvalue weighted by molar-refractivity contribution is -0.207. The zero-order valence-corrected chi connectivity index (χ0v) is 53.2. The third-order valence-electron chi connectivity index (χ3n) is 31.4. The molecular weight excluding hydrogens is 1040 g/mol. The van der Waals surface area contributed by atoms with Crippen LogP contribution in [-0.4, -0.2) is 91.3 Å². The first-order valence-electron chi connectivity index (χ1n) is 35.3. The van der Waals surface area contributed by atoms with Crippen LogP contribution in [0.3, 0.4) is 0 Å². The van der Waals surface area contributed by atoms with Gasteiger partial charge in [-0.15, -0.1) is 0 Å². The number of esters is 2. The quantitative estimate of drug-likeness (QED) is 0.0908. The first-order valence-corrected chi connectivity index (χ1v) is 35.3. The molecule has 12 aliphatic rings. The Bertz CT molecular complexity index is 2380. The number of hydrogen-bond acceptors (Lipinski definition) is 10. The summed E-state index contributed by atoms with van der Waals surface area (Å²) in [5.74, 6) is 5.39. The highest BCUT2D eigenvalue weighted by atomic mass is 16.5. The van der Waals surface area contributed by atoms with Gasteiger partial charge in [0.1, 0.15) is 12.2 Å². The molecule has 12 rings (SSSR count). The fourth-order valence-corrected chi connectivity index (χ4v) is 26.8. The van der Waals surface area contributed by atoms with E-state index >= 15 is 0 Å². The molecule has 12 aliphatic carbocycles. The van der Waals surface area contributed by atoms with Gasteiger partial charge in [-0.05, 0) is 301 Å². The highest BCUT2D eigenvalue weighted by Gasteiger charge is 2.69. The number of carboxylic acid groups (broad SMARTS) is 1. The average Bonchev–Trinajstić information content (AvgIpc) is 2.07. The number of carboxylic acids is 1. The monoisotopic (exact) mass is 1160 g/mol. The van der Waals surface area contributed by atoms with E-state index < -0.39 is 18.2 Å². The normalized spacial score (nSPS) is 53.4. The van der Waals surface area contributed by atoms with Crippen LogP contribution in [0.25, 0.3) is 0 Å². The number of aliphatic hydroxyl groups is 5. The molecule has 12 saturated carbocycles. The van der Waals surface area contributed by atoms with E-state index in [9.17, 15) is 45.0 Å². The number of aliphatic carboxylic acids is 1. The van der Waals surface area contributed by atoms with E-state index in [2.05, 4.69) is 62.3 Å². The van der Waals surface area contributed by atoms with Crippen LogP contribution in [0.2, 0.25) is 0 Å². The lowest BCUT2D eigenvalue weighted by atomic mass is 9.43. The number of ether oxygens (including phenoxy) is 2. The Balaban J connectivity index is 0.677. The molecule has 0 saturated heterocycles. The molecule has 7 unspecified atom stereocenters. The second-order valence-corrected chi connectivity index (χ2v) is 34.2. The third-order valence-corrected chi connectivity index (χ3v) is 31.4. The average molecular weight is 1160 g/mol. The van der Waals surface area contributed by atoms with Gasteiger partial charge in [-0.1, -0.05) is 62.3 Å². The molecule has 0 heterocycles. The Hall–Kier alpha value is -1.79. The molecule has 11 heteroatoms. The lowest BCUT2D eigenvalue weighted by Crippen LogP contribution is -2.62. The van der Waals surface area contributed by atoms with Crippen LogP contribution in [-0.2, 0) is 23.9 Å². The first-order chi connectivity index (χ1) is 39.2. The summed E-state index contributed by atoms with van der Waals surface area (Å²) < 4.78 is 13.5. The van der Waals surface area contributed by atoms with Crippen molar-refractivity contribution in [3.05, 3.63) is 0 Å². The number of carbonyl (C=O) groups is 3. The first kappa shape index (κ1) is 61.4. The van der Waals surface area contributed by atoms with Crippen molar-refractivity contribution >= 4 is 17.9 Å². The number of fused-ring (bicyclic) bond motifs is 15. The molecular formula is C72H116O11. The molecule has 0 amide bonds. The van der Waals surface area contributed by atoms with Crippen LogP contribution in [0, 0.1) is 139 Å². The van der Waals surface area contributed by atoms with E-state index in [1.165, 1.54) is 25.7 Å². The lowest BCUT2D eigenvalue weighted by Gasteiger charge is -2.63. The highest BCUT2D eigenvalue weighted by Crippen LogP contribution is 2.72. The molecule has 83 heavy (non-hydrogen) atoms. The molecule has 0 bridgehead atoms. The van der Waals surface area contributed by atoms with Crippen molar-refractivity contribution < 1.29 is 54.5 Å². The number of carbonyl (C=O) groups excluding carboxylic acids is 2. The molecule has 0 aliphatic heterocycles. The van der Waals surface area contributed by atoms with Gasteiger partial charge in [-0.25, -0.2) is 0 Å². The van der Waals surface area contributed by atoms with E-state index in [0.29, 0.717) is 91.3 Å². The van der Waals surface area contributed by atoms with E-state index in [4.69, 9.17) is 9.47 Å². The SMILES string of the molecule is C[C@H](CCC(=O)O[C@H]1C[C@H]2[C@@H](CC[C@@H]3C[C@H](OC(=O)CC[C@@H](C)[C@H]4CCC5C6C(CC[C@@]54C)[C@@]4(C)CC[C@@H](O)CC4C[C@H]6O)CC[C@@]32C)[C@@H]2CC[C@H]([C@H](C)CCC(=O)O)[C@@]12C)[C@H]1CCC2C3C(C[C@H](O)[C@@]21C)[C@@]1(C)CC[C@@H](O)C[C@H]1C[C@H]3O. The number of aliphatic hydroxyl groups excluding tert-OH is 5. The van der Waals surface area contributed by atoms with E-state index in [1.54, 1.807) is 0 Å². The van der Waals surface area contributed by atoms with Gasteiger partial charge < -0.3 is 40.1 Å². The predicted octanol–water partition coefficient (Wildman–Crippen LogP) is 13.4. The molecule has 0 aromatic heterocycles. The molecule has 0 aromatic carbocycles. The summed E-state index contributed by atoms with van der Waals surface area (Å²) in [6, 6.07) is 0. The molecule has 12 fully saturated rings. The van der Waals surface area contributed by atoms with Crippen LogP contribution < -0.4 is 0 Å². The number of rotatable bonds is 14. The van der Waals surface area contributed by atoms with Crippen molar-refractivity contribution in [3.8, 4) is 0 Å². The minimum absolute atomic E-state index is 0.0249. The molecule has 0 aromatic rings. The topological polar surface area (TPSA) is 191 Å². The van der Waals surface area contributed by atoms with Gasteiger partial charge in [0.15, 0.2) is 0 Å². The fourth-order valence-electron chi connectivity index (χ4n) is 26.8. The van der Waals surface area contributed by atoms with E-state index in [-0.39, 0.29) is 129 Å². The third kappa shape index (κ3) is 10.0. The Labute approximate surface area is 500 Å². The summed E-state index contributed by atoms with van der Waals surface area (Å²) in [5.41, 5.74) is -0.121. The summed E-state index contributed by atoms with van der Waals surface area (Å²) in [4.78, 5) is 40.6. The second kappa shape index (κ2) is 22.6. The maximum Gasteiger partial charge on any atom is 0.306 e. The molecule has 0 spiro atoms. The second-order valence-electron chi connectivity index (χ2n) is 34.2. The summed E-state index contributed by atoms with van der Waals surface area (Å²) in [6.07, 6.45) is 23.4. The van der Waals surface area contributed by atoms with Crippen LogP contribution in [0.4, 0.5) is 0 Å². The van der Waals surface area contributed by atoms with Crippen molar-refractivity contribution in [1.82, 2.24) is 0 Å². The van der Waals surface area contributed by atoms with Gasteiger partial charge in [0.2, 0.25) is 0 Å². The minimum Gasteiger partial charge on any atom is -0.481 e. The minimum atomic E-state index is -0.754. The Morgan fingerprint density at radius 3 is 1.57 bits per heavy atom. The van der Waals surface area contributed by atoms with Gasteiger partial charge >= 0.3 is 17.9 Å². The van der Waals surface area contributed by atoms with Crippen molar-refractivity contribution in [2.24, 2.45) is 139 Å². The molecule has 470 valence electrons. The van der Waals surface area contributed by atoms with Crippen LogP contribution in [0.1, 0.15) is 249 Å². The Morgan fingerprint density at radius 2 is 0.928 bits per heavy atom. The highest BCUT2D eigenvalue weighted by molar-refractivity contribution is 5.70. The smallest absolute Gasteiger partial charge is 0.306 e. The summed E-state index contributed by atoms with van der Waals surface area (Å²) in [7, 11) is 0. The summed E-state index contributed by atoms with van der Waals surface area (Å²) in [5, 5.41) is 67.1. The molecule has 31 atom stereocenters. The van der Waals surface area contributed by atoms with Crippen molar-refractivity contribution in [1.29, 1.82) is 0 Å². The largest absolute Gasteiger partial charge is 0.481 e. The molecule has 6 N–H and O–H groups in total. The van der Waals surface area contributed by atoms with Crippen LogP contribution in [0.5, 0.6) is 0 Å². The van der Waals surface area contributed by atoms with Crippen LogP contribution >= 0.6 is 0 Å². The zero-order chi connectivity index (χ0) is 59.1. The summed E-state index contributed by atoms with van der Waals surface area (Å²) in [6.45, 7) is 21.6. The standard InChI is InChI=1S/C72H116O11/c1-39(49-15-19-53-65-54(27-31-70(49,53)7)68(5)28-24-45(73)32-43(68)35-58(65)75)11-22-63(80)82-47-26-30-67(4)42(34-47)13-14-48-52-18-16-51(40(2)10-21-62(78)79)72(52,9)61(38-56(48)67)83-64(81)23-12-41(3)50-17-20-55-66-57(37-60(77)71(50,55)8)69(6)29-25-46(74)33-44(69)36-59(66)76/h39-61,65-66,73-77H,10-38H2,1-9H3,(H,78,79)/t39-,40-,41-,42-,43?,44+,45-,46-,47-,48+,49-,50-,51-,52+,53?,54?,55?,56+,57?,58-,59-,60+,61+,65?,66?,67+,68+,69+,70-,71-,72-/m1/s1. The van der Waals surface area contributed by atoms with Crippen molar-refractivity contribution in [2.45, 2.75) is 291 Å². The summed E-state index contributed by atoms with van der Waals surface area (Å²) >= 11 is 0. The predicted molar refractivity (Wildman–Crippen MR) is 320 cm³/mol. The Kier molecular flexibility index (Phi) is 16.7. The zero-order valence-electron chi connectivity index (χ0n) is 53.2. The van der Waals surface area contributed by atoms with Crippen molar-refractivity contribution in [3.63, 3.8) is 0 Å². The Morgan fingerprint density at radius 1 is 0.434 bits per heavy atom. The van der Waals surface area contributed by atoms with E-state index in [1.807, 2.05) is 0 Å². The molecule has 11 nitrogen and oxygen atoms in total. The van der Waals surface area contributed by atoms with Crippen LogP contribution in [0.15, 0.2) is 0 Å².